The van der Waals surface area contributed by atoms with Crippen LogP contribution in [0.3, 0.4) is 0 Å². The van der Waals surface area contributed by atoms with Crippen molar-refractivity contribution in [2.24, 2.45) is 0 Å². The average molecular weight is 283 g/mol. The SMILES string of the molecule is CC(C)(C)c1noc(CN2CCOC(CC(=O)O)C2)n1. The summed E-state index contributed by atoms with van der Waals surface area (Å²) in [5.41, 5.74) is -0.140. The maximum atomic E-state index is 10.7. The Balaban J connectivity index is 1.92. The first-order valence-corrected chi connectivity index (χ1v) is 6.73. The molecule has 1 saturated heterocycles. The van der Waals surface area contributed by atoms with Crippen LogP contribution in [0, 0.1) is 0 Å². The Morgan fingerprint density at radius 1 is 1.50 bits per heavy atom. The van der Waals surface area contributed by atoms with Gasteiger partial charge in [0.2, 0.25) is 5.89 Å². The molecule has 7 nitrogen and oxygen atoms in total. The molecule has 2 rings (SSSR count). The van der Waals surface area contributed by atoms with Crippen LogP contribution in [0.1, 0.15) is 38.9 Å². The van der Waals surface area contributed by atoms with Crippen molar-refractivity contribution in [3.8, 4) is 0 Å². The van der Waals surface area contributed by atoms with Crippen LogP contribution in [0.2, 0.25) is 0 Å². The highest BCUT2D eigenvalue weighted by Crippen LogP contribution is 2.19. The normalized spacial score (nSPS) is 21.1. The lowest BCUT2D eigenvalue weighted by atomic mass is 9.96. The molecule has 2 heterocycles. The second-order valence-corrected chi connectivity index (χ2v) is 6.09. The van der Waals surface area contributed by atoms with Crippen molar-refractivity contribution in [1.82, 2.24) is 15.0 Å². The Kier molecular flexibility index (Phi) is 4.39. The number of rotatable bonds is 4. The molecule has 20 heavy (non-hydrogen) atoms. The number of nitrogens with zero attached hydrogens (tertiary/aromatic N) is 3. The predicted octanol–water partition coefficient (Wildman–Crippen LogP) is 1.04. The van der Waals surface area contributed by atoms with Crippen LogP contribution < -0.4 is 0 Å². The minimum atomic E-state index is -0.843. The fourth-order valence-electron chi connectivity index (χ4n) is 2.06. The van der Waals surface area contributed by atoms with E-state index in [1.807, 2.05) is 20.8 Å². The number of carboxylic acid groups (broad SMARTS) is 1. The number of aliphatic carboxylic acids is 1. The number of carboxylic acids is 1. The standard InChI is InChI=1S/C13H21N3O4/c1-13(2,3)12-14-10(20-15-12)8-16-4-5-19-9(7-16)6-11(17)18/h9H,4-8H2,1-3H3,(H,17,18). The van der Waals surface area contributed by atoms with Gasteiger partial charge in [0.05, 0.1) is 25.7 Å². The zero-order valence-corrected chi connectivity index (χ0v) is 12.1. The van der Waals surface area contributed by atoms with E-state index in [1.54, 1.807) is 0 Å². The molecule has 1 aromatic heterocycles. The fraction of sp³-hybridized carbons (Fsp3) is 0.769. The summed E-state index contributed by atoms with van der Waals surface area (Å²) in [5, 5.41) is 12.8. The van der Waals surface area contributed by atoms with Gasteiger partial charge in [-0.2, -0.15) is 4.98 Å². The molecule has 1 N–H and O–H groups in total. The molecule has 7 heteroatoms. The van der Waals surface area contributed by atoms with E-state index < -0.39 is 5.97 Å². The van der Waals surface area contributed by atoms with Gasteiger partial charge in [-0.25, -0.2) is 0 Å². The summed E-state index contributed by atoms with van der Waals surface area (Å²) in [5.74, 6) is 0.401. The van der Waals surface area contributed by atoms with Crippen LogP contribution in [-0.2, 0) is 21.5 Å². The number of hydrogen-bond acceptors (Lipinski definition) is 6. The molecular formula is C13H21N3O4. The molecule has 0 aromatic carbocycles. The number of carbonyl (C=O) groups is 1. The maximum absolute atomic E-state index is 10.7. The largest absolute Gasteiger partial charge is 0.481 e. The number of aromatic nitrogens is 2. The minimum Gasteiger partial charge on any atom is -0.481 e. The number of morpholine rings is 1. The Bertz CT molecular complexity index is 466. The summed E-state index contributed by atoms with van der Waals surface area (Å²) >= 11 is 0. The number of ether oxygens (including phenoxy) is 1. The van der Waals surface area contributed by atoms with Gasteiger partial charge >= 0.3 is 5.97 Å². The Morgan fingerprint density at radius 2 is 2.25 bits per heavy atom. The van der Waals surface area contributed by atoms with Crippen molar-refractivity contribution in [3.05, 3.63) is 11.7 Å². The zero-order valence-electron chi connectivity index (χ0n) is 12.1. The lowest BCUT2D eigenvalue weighted by Crippen LogP contribution is -2.42. The molecule has 0 bridgehead atoms. The first-order valence-electron chi connectivity index (χ1n) is 6.73. The summed E-state index contributed by atoms with van der Waals surface area (Å²) in [6.07, 6.45) is -0.251. The second kappa shape index (κ2) is 5.88. The van der Waals surface area contributed by atoms with Gasteiger partial charge in [0.1, 0.15) is 0 Å². The Labute approximate surface area is 117 Å². The molecule has 112 valence electrons. The van der Waals surface area contributed by atoms with Crippen LogP contribution in [0.4, 0.5) is 0 Å². The van der Waals surface area contributed by atoms with Gasteiger partial charge in [0.25, 0.3) is 0 Å². The molecule has 0 amide bonds. The van der Waals surface area contributed by atoms with E-state index in [0.717, 1.165) is 6.54 Å². The lowest BCUT2D eigenvalue weighted by Gasteiger charge is -2.31. The summed E-state index contributed by atoms with van der Waals surface area (Å²) in [4.78, 5) is 17.2. The van der Waals surface area contributed by atoms with Crippen LogP contribution >= 0.6 is 0 Å². The van der Waals surface area contributed by atoms with Crippen molar-refractivity contribution >= 4 is 5.97 Å². The van der Waals surface area contributed by atoms with Gasteiger partial charge in [0, 0.05) is 18.5 Å². The summed E-state index contributed by atoms with van der Waals surface area (Å²) in [6, 6.07) is 0. The van der Waals surface area contributed by atoms with E-state index in [4.69, 9.17) is 14.4 Å². The van der Waals surface area contributed by atoms with E-state index in [0.29, 0.717) is 31.4 Å². The molecule has 1 fully saturated rings. The Hall–Kier alpha value is -1.47. The van der Waals surface area contributed by atoms with E-state index >= 15 is 0 Å². The Morgan fingerprint density at radius 3 is 2.85 bits per heavy atom. The van der Waals surface area contributed by atoms with E-state index in [-0.39, 0.29) is 17.9 Å². The highest BCUT2D eigenvalue weighted by molar-refractivity contribution is 5.67. The minimum absolute atomic E-state index is 0.0214. The first kappa shape index (κ1) is 14.9. The quantitative estimate of drug-likeness (QED) is 0.883. The second-order valence-electron chi connectivity index (χ2n) is 6.09. The molecule has 0 saturated carbocycles. The molecule has 0 radical (unpaired) electrons. The maximum Gasteiger partial charge on any atom is 0.306 e. The highest BCUT2D eigenvalue weighted by Gasteiger charge is 2.25. The first-order chi connectivity index (χ1) is 9.34. The third kappa shape index (κ3) is 4.01. The van der Waals surface area contributed by atoms with Gasteiger partial charge in [-0.1, -0.05) is 25.9 Å². The van der Waals surface area contributed by atoms with Crippen molar-refractivity contribution in [2.45, 2.75) is 45.3 Å². The summed E-state index contributed by atoms with van der Waals surface area (Å²) in [7, 11) is 0. The van der Waals surface area contributed by atoms with Gasteiger partial charge in [-0.3, -0.25) is 9.69 Å². The molecule has 1 aliphatic heterocycles. The van der Waals surface area contributed by atoms with Gasteiger partial charge in [-0.15, -0.1) is 0 Å². The lowest BCUT2D eigenvalue weighted by molar-refractivity contribution is -0.142. The van der Waals surface area contributed by atoms with Crippen molar-refractivity contribution < 1.29 is 19.2 Å². The molecular weight excluding hydrogens is 262 g/mol. The highest BCUT2D eigenvalue weighted by atomic mass is 16.5. The molecule has 1 aliphatic rings. The predicted molar refractivity (Wildman–Crippen MR) is 70.3 cm³/mol. The van der Waals surface area contributed by atoms with E-state index in [1.165, 1.54) is 0 Å². The monoisotopic (exact) mass is 283 g/mol. The third-order valence-electron chi connectivity index (χ3n) is 3.12. The van der Waals surface area contributed by atoms with Crippen LogP contribution in [-0.4, -0.2) is 51.9 Å². The zero-order chi connectivity index (χ0) is 14.8. The van der Waals surface area contributed by atoms with Crippen LogP contribution in [0.15, 0.2) is 4.52 Å². The summed E-state index contributed by atoms with van der Waals surface area (Å²) < 4.78 is 10.7. The van der Waals surface area contributed by atoms with Crippen molar-refractivity contribution in [3.63, 3.8) is 0 Å². The molecule has 1 unspecified atom stereocenters. The van der Waals surface area contributed by atoms with Crippen LogP contribution in [0.25, 0.3) is 0 Å². The smallest absolute Gasteiger partial charge is 0.306 e. The van der Waals surface area contributed by atoms with Gasteiger partial charge < -0.3 is 14.4 Å². The van der Waals surface area contributed by atoms with Crippen LogP contribution in [0.5, 0.6) is 0 Å². The molecule has 0 aliphatic carbocycles. The van der Waals surface area contributed by atoms with Gasteiger partial charge in [-0.05, 0) is 0 Å². The number of hydrogen-bond donors (Lipinski definition) is 1. The molecule has 1 atom stereocenters. The molecule has 1 aromatic rings. The van der Waals surface area contributed by atoms with Crippen molar-refractivity contribution in [2.75, 3.05) is 19.7 Å². The van der Waals surface area contributed by atoms with Crippen molar-refractivity contribution in [1.29, 1.82) is 0 Å². The van der Waals surface area contributed by atoms with E-state index in [2.05, 4.69) is 15.0 Å². The topological polar surface area (TPSA) is 88.7 Å². The fourth-order valence-corrected chi connectivity index (χ4v) is 2.06. The summed E-state index contributed by atoms with van der Waals surface area (Å²) in [6.45, 7) is 8.45. The average Bonchev–Trinajstić information content (AvgIpc) is 2.76. The molecule has 0 spiro atoms. The van der Waals surface area contributed by atoms with E-state index in [9.17, 15) is 4.79 Å². The third-order valence-corrected chi connectivity index (χ3v) is 3.12. The van der Waals surface area contributed by atoms with Gasteiger partial charge in [0.15, 0.2) is 5.82 Å².